The molecule has 0 radical (unpaired) electrons. The van der Waals surface area contributed by atoms with Gasteiger partial charge in [0.15, 0.2) is 12.4 Å². The SMILES string of the molecule is CC(C)CCNC(=O)COc1ccc(CO)cc1[N+](=O)[O-]. The monoisotopic (exact) mass is 296 g/mol. The lowest BCUT2D eigenvalue weighted by Gasteiger charge is -2.09. The topological polar surface area (TPSA) is 102 Å². The minimum atomic E-state index is -0.606. The van der Waals surface area contributed by atoms with E-state index in [1.165, 1.54) is 18.2 Å². The Morgan fingerprint density at radius 2 is 2.19 bits per heavy atom. The Morgan fingerprint density at radius 3 is 2.76 bits per heavy atom. The second kappa shape index (κ2) is 8.21. The smallest absolute Gasteiger partial charge is 0.311 e. The molecule has 0 aromatic heterocycles. The van der Waals surface area contributed by atoms with Crippen LogP contribution in [0.3, 0.4) is 0 Å². The minimum absolute atomic E-state index is 0.0104. The molecule has 116 valence electrons. The van der Waals surface area contributed by atoms with Gasteiger partial charge in [0, 0.05) is 12.6 Å². The highest BCUT2D eigenvalue weighted by molar-refractivity contribution is 5.77. The summed E-state index contributed by atoms with van der Waals surface area (Å²) in [4.78, 5) is 21.9. The van der Waals surface area contributed by atoms with Gasteiger partial charge in [-0.15, -0.1) is 0 Å². The Balaban J connectivity index is 2.58. The Hall–Kier alpha value is -2.15. The summed E-state index contributed by atoms with van der Waals surface area (Å²) in [5.74, 6) is 0.172. The molecule has 0 bridgehead atoms. The number of aliphatic hydroxyl groups is 1. The third-order valence-electron chi connectivity index (χ3n) is 2.81. The molecule has 0 atom stereocenters. The van der Waals surface area contributed by atoms with Gasteiger partial charge < -0.3 is 15.2 Å². The van der Waals surface area contributed by atoms with Crippen LogP contribution < -0.4 is 10.1 Å². The molecule has 0 aliphatic rings. The number of hydrogen-bond acceptors (Lipinski definition) is 5. The Bertz CT molecular complexity index is 502. The number of carbonyl (C=O) groups is 1. The van der Waals surface area contributed by atoms with E-state index in [2.05, 4.69) is 19.2 Å². The number of aliphatic hydroxyl groups excluding tert-OH is 1. The highest BCUT2D eigenvalue weighted by atomic mass is 16.6. The van der Waals surface area contributed by atoms with Crippen LogP contribution in [0.4, 0.5) is 5.69 Å². The van der Waals surface area contributed by atoms with Crippen molar-refractivity contribution < 1.29 is 19.6 Å². The fourth-order valence-electron chi connectivity index (χ4n) is 1.62. The van der Waals surface area contributed by atoms with Crippen LogP contribution in [0.2, 0.25) is 0 Å². The van der Waals surface area contributed by atoms with Crippen molar-refractivity contribution in [3.8, 4) is 5.75 Å². The summed E-state index contributed by atoms with van der Waals surface area (Å²) in [6.07, 6.45) is 0.858. The van der Waals surface area contributed by atoms with E-state index in [1.54, 1.807) is 0 Å². The molecular weight excluding hydrogens is 276 g/mol. The first-order valence-electron chi connectivity index (χ1n) is 6.71. The molecule has 0 unspecified atom stereocenters. The number of nitro benzene ring substituents is 1. The molecule has 0 aliphatic heterocycles. The molecule has 21 heavy (non-hydrogen) atoms. The van der Waals surface area contributed by atoms with Gasteiger partial charge in [0.05, 0.1) is 11.5 Å². The van der Waals surface area contributed by atoms with Crippen LogP contribution in [-0.4, -0.2) is 29.1 Å². The predicted octanol–water partition coefficient (Wildman–Crippen LogP) is 1.63. The molecule has 0 aliphatic carbocycles. The third kappa shape index (κ3) is 5.78. The first kappa shape index (κ1) is 16.9. The second-order valence-corrected chi connectivity index (χ2v) is 5.04. The lowest BCUT2D eigenvalue weighted by Crippen LogP contribution is -2.30. The number of nitrogens with one attached hydrogen (secondary N) is 1. The van der Waals surface area contributed by atoms with Crippen LogP contribution in [-0.2, 0) is 11.4 Å². The van der Waals surface area contributed by atoms with E-state index in [4.69, 9.17) is 9.84 Å². The minimum Gasteiger partial charge on any atom is -0.477 e. The van der Waals surface area contributed by atoms with Gasteiger partial charge in [-0.3, -0.25) is 14.9 Å². The van der Waals surface area contributed by atoms with E-state index in [-0.39, 0.29) is 30.6 Å². The van der Waals surface area contributed by atoms with E-state index < -0.39 is 4.92 Å². The van der Waals surface area contributed by atoms with Crippen molar-refractivity contribution in [2.24, 2.45) is 5.92 Å². The van der Waals surface area contributed by atoms with Crippen molar-refractivity contribution in [2.45, 2.75) is 26.9 Å². The number of ether oxygens (including phenoxy) is 1. The van der Waals surface area contributed by atoms with E-state index in [9.17, 15) is 14.9 Å². The largest absolute Gasteiger partial charge is 0.477 e. The fourth-order valence-corrected chi connectivity index (χ4v) is 1.62. The van der Waals surface area contributed by atoms with Crippen molar-refractivity contribution in [1.82, 2.24) is 5.32 Å². The number of hydrogen-bond donors (Lipinski definition) is 2. The molecule has 1 aromatic rings. The zero-order valence-electron chi connectivity index (χ0n) is 12.2. The van der Waals surface area contributed by atoms with Gasteiger partial charge in [-0.05, 0) is 24.0 Å². The lowest BCUT2D eigenvalue weighted by atomic mass is 10.1. The average molecular weight is 296 g/mol. The summed E-state index contributed by atoms with van der Waals surface area (Å²) < 4.78 is 5.18. The standard InChI is InChI=1S/C14H20N2O5/c1-10(2)5-6-15-14(18)9-21-13-4-3-11(8-17)7-12(13)16(19)20/h3-4,7,10,17H,5-6,8-9H2,1-2H3,(H,15,18). The van der Waals surface area contributed by atoms with Crippen molar-refractivity contribution in [2.75, 3.05) is 13.2 Å². The highest BCUT2D eigenvalue weighted by Gasteiger charge is 2.16. The van der Waals surface area contributed by atoms with Gasteiger partial charge in [-0.1, -0.05) is 19.9 Å². The van der Waals surface area contributed by atoms with Crippen LogP contribution in [0.25, 0.3) is 0 Å². The normalized spacial score (nSPS) is 10.5. The van der Waals surface area contributed by atoms with E-state index in [0.717, 1.165) is 6.42 Å². The quantitative estimate of drug-likeness (QED) is 0.560. The van der Waals surface area contributed by atoms with Crippen LogP contribution in [0.1, 0.15) is 25.8 Å². The first-order valence-corrected chi connectivity index (χ1v) is 6.71. The summed E-state index contributed by atoms with van der Waals surface area (Å²) in [6, 6.07) is 4.12. The number of carbonyl (C=O) groups excluding carboxylic acids is 1. The molecule has 1 rings (SSSR count). The lowest BCUT2D eigenvalue weighted by molar-refractivity contribution is -0.385. The second-order valence-electron chi connectivity index (χ2n) is 5.04. The number of rotatable bonds is 8. The molecule has 0 saturated carbocycles. The molecule has 0 spiro atoms. The summed E-state index contributed by atoms with van der Waals surface area (Å²) in [6.45, 7) is 4.07. The fraction of sp³-hybridized carbons (Fsp3) is 0.500. The number of nitrogens with zero attached hydrogens (tertiary/aromatic N) is 1. The Kier molecular flexibility index (Phi) is 6.61. The highest BCUT2D eigenvalue weighted by Crippen LogP contribution is 2.27. The van der Waals surface area contributed by atoms with Crippen LogP contribution >= 0.6 is 0 Å². The van der Waals surface area contributed by atoms with Crippen molar-refractivity contribution in [1.29, 1.82) is 0 Å². The van der Waals surface area contributed by atoms with Gasteiger partial charge in [-0.2, -0.15) is 0 Å². The Morgan fingerprint density at radius 1 is 1.48 bits per heavy atom. The van der Waals surface area contributed by atoms with Crippen LogP contribution in [0.5, 0.6) is 5.75 Å². The predicted molar refractivity (Wildman–Crippen MR) is 77.0 cm³/mol. The third-order valence-corrected chi connectivity index (χ3v) is 2.81. The maximum Gasteiger partial charge on any atom is 0.311 e. The first-order chi connectivity index (χ1) is 9.93. The van der Waals surface area contributed by atoms with Gasteiger partial charge in [0.25, 0.3) is 5.91 Å². The van der Waals surface area contributed by atoms with Crippen molar-refractivity contribution in [3.05, 3.63) is 33.9 Å². The molecule has 1 aromatic carbocycles. The summed E-state index contributed by atoms with van der Waals surface area (Å²) >= 11 is 0. The zero-order valence-corrected chi connectivity index (χ0v) is 12.2. The summed E-state index contributed by atoms with van der Waals surface area (Å²) in [7, 11) is 0. The number of nitro groups is 1. The molecule has 0 saturated heterocycles. The molecule has 0 fully saturated rings. The summed E-state index contributed by atoms with van der Waals surface area (Å²) in [5.41, 5.74) is 0.145. The molecular formula is C14H20N2O5. The van der Waals surface area contributed by atoms with Crippen LogP contribution in [0, 0.1) is 16.0 Å². The van der Waals surface area contributed by atoms with E-state index in [1.807, 2.05) is 0 Å². The zero-order chi connectivity index (χ0) is 15.8. The van der Waals surface area contributed by atoms with Gasteiger partial charge >= 0.3 is 5.69 Å². The molecule has 1 amide bonds. The van der Waals surface area contributed by atoms with Gasteiger partial charge in [0.2, 0.25) is 0 Å². The van der Waals surface area contributed by atoms with Crippen molar-refractivity contribution in [3.63, 3.8) is 0 Å². The van der Waals surface area contributed by atoms with Crippen molar-refractivity contribution >= 4 is 11.6 Å². The average Bonchev–Trinajstić information content (AvgIpc) is 2.44. The van der Waals surface area contributed by atoms with Gasteiger partial charge in [-0.25, -0.2) is 0 Å². The maximum absolute atomic E-state index is 11.6. The molecule has 7 nitrogen and oxygen atoms in total. The molecule has 2 N–H and O–H groups in total. The van der Waals surface area contributed by atoms with Crippen LogP contribution in [0.15, 0.2) is 18.2 Å². The van der Waals surface area contributed by atoms with E-state index >= 15 is 0 Å². The van der Waals surface area contributed by atoms with Gasteiger partial charge in [0.1, 0.15) is 0 Å². The van der Waals surface area contributed by atoms with E-state index in [0.29, 0.717) is 18.0 Å². The Labute approximate surface area is 123 Å². The maximum atomic E-state index is 11.6. The summed E-state index contributed by atoms with van der Waals surface area (Å²) in [5, 5.41) is 22.6. The molecule has 7 heteroatoms. The number of benzene rings is 1. The number of amides is 1. The molecule has 0 heterocycles.